The number of rotatable bonds is 4. The molecule has 0 aliphatic rings. The van der Waals surface area contributed by atoms with E-state index in [1.54, 1.807) is 0 Å². The number of H-pyrrole nitrogens is 1. The van der Waals surface area contributed by atoms with Gasteiger partial charge in [0.1, 0.15) is 29.3 Å². The zero-order valence-corrected chi connectivity index (χ0v) is 16.4. The fraction of sp³-hybridized carbons (Fsp3) is 0.0870. The van der Waals surface area contributed by atoms with Crippen LogP contribution in [0.3, 0.4) is 0 Å². The van der Waals surface area contributed by atoms with Crippen LogP contribution in [0.1, 0.15) is 17.0 Å². The largest absolute Gasteiger partial charge is 0.384 e. The highest BCUT2D eigenvalue weighted by Crippen LogP contribution is 2.35. The van der Waals surface area contributed by atoms with E-state index in [1.807, 2.05) is 71.3 Å². The number of hydrogen-bond acceptors (Lipinski definition) is 6. The first-order chi connectivity index (χ1) is 15.2. The minimum atomic E-state index is -0.0347. The van der Waals surface area contributed by atoms with Gasteiger partial charge in [0.05, 0.1) is 16.6 Å². The lowest BCUT2D eigenvalue weighted by Gasteiger charge is -2.08. The smallest absolute Gasteiger partial charge is 0.179 e. The number of fused-ring (bicyclic) bond motifs is 2. The minimum Gasteiger partial charge on any atom is -0.384 e. The Bertz CT molecular complexity index is 1480. The molecule has 8 heteroatoms. The van der Waals surface area contributed by atoms with Gasteiger partial charge in [-0.2, -0.15) is 10.5 Å². The zero-order chi connectivity index (χ0) is 21.4. The summed E-state index contributed by atoms with van der Waals surface area (Å²) in [6.07, 6.45) is 0.720. The van der Waals surface area contributed by atoms with Crippen molar-refractivity contribution in [3.63, 3.8) is 0 Å². The molecule has 2 aromatic carbocycles. The molecule has 0 saturated heterocycles. The minimum absolute atomic E-state index is 0.0235. The zero-order valence-electron chi connectivity index (χ0n) is 16.4. The number of nitrogens with one attached hydrogen (secondary N) is 1. The van der Waals surface area contributed by atoms with Crippen molar-refractivity contribution < 1.29 is 0 Å². The average Bonchev–Trinajstić information content (AvgIpc) is 3.34. The van der Waals surface area contributed by atoms with Crippen molar-refractivity contribution in [1.82, 2.24) is 24.5 Å². The fourth-order valence-electron chi connectivity index (χ4n) is 3.73. The number of nitrogen functional groups attached to an aromatic ring is 1. The third-order valence-electron chi connectivity index (χ3n) is 5.22. The summed E-state index contributed by atoms with van der Waals surface area (Å²) in [5.74, 6) is 0.981. The van der Waals surface area contributed by atoms with Crippen LogP contribution in [0.25, 0.3) is 33.6 Å². The van der Waals surface area contributed by atoms with Gasteiger partial charge in [0.2, 0.25) is 0 Å². The second-order valence-corrected chi connectivity index (χ2v) is 7.07. The number of benzene rings is 2. The van der Waals surface area contributed by atoms with Crippen molar-refractivity contribution in [3.05, 3.63) is 71.5 Å². The molecule has 0 atom stereocenters. The van der Waals surface area contributed by atoms with Gasteiger partial charge in [-0.15, -0.1) is 0 Å². The molecule has 0 spiro atoms. The van der Waals surface area contributed by atoms with Gasteiger partial charge in [0.25, 0.3) is 0 Å². The highest BCUT2D eigenvalue weighted by atomic mass is 15.1. The second-order valence-electron chi connectivity index (χ2n) is 7.07. The summed E-state index contributed by atoms with van der Waals surface area (Å²) >= 11 is 0. The molecule has 0 bridgehead atoms. The van der Waals surface area contributed by atoms with Crippen molar-refractivity contribution in [2.75, 3.05) is 5.73 Å². The van der Waals surface area contributed by atoms with E-state index in [-0.39, 0.29) is 11.4 Å². The maximum absolute atomic E-state index is 9.45. The number of nitriles is 2. The number of aromatic nitrogens is 5. The molecule has 3 heterocycles. The maximum atomic E-state index is 9.45. The van der Waals surface area contributed by atoms with Crippen LogP contribution in [0.4, 0.5) is 5.82 Å². The first-order valence-electron chi connectivity index (χ1n) is 9.68. The van der Waals surface area contributed by atoms with Gasteiger partial charge in [-0.05, 0) is 24.1 Å². The highest BCUT2D eigenvalue weighted by Gasteiger charge is 2.23. The number of nitrogens with zero attached hydrogens (tertiary/aromatic N) is 6. The molecule has 0 radical (unpaired) electrons. The fourth-order valence-corrected chi connectivity index (χ4v) is 3.73. The molecule has 5 aromatic rings. The topological polar surface area (TPSA) is 133 Å². The summed E-state index contributed by atoms with van der Waals surface area (Å²) < 4.78 is 1.83. The molecule has 0 amide bonds. The van der Waals surface area contributed by atoms with Crippen LogP contribution >= 0.6 is 0 Å². The van der Waals surface area contributed by atoms with Crippen molar-refractivity contribution in [2.24, 2.45) is 0 Å². The maximum Gasteiger partial charge on any atom is 0.179 e. The number of imidazole rings is 1. The molecule has 31 heavy (non-hydrogen) atoms. The number of nitrogens with two attached hydrogens (primary N) is 1. The van der Waals surface area contributed by atoms with Crippen LogP contribution in [0.2, 0.25) is 0 Å². The Labute approximate surface area is 177 Å². The van der Waals surface area contributed by atoms with E-state index in [9.17, 15) is 10.5 Å². The van der Waals surface area contributed by atoms with Crippen molar-refractivity contribution in [2.45, 2.75) is 13.0 Å². The number of anilines is 1. The van der Waals surface area contributed by atoms with Crippen molar-refractivity contribution >= 4 is 28.0 Å². The molecule has 0 unspecified atom stereocenters. The summed E-state index contributed by atoms with van der Waals surface area (Å²) in [6.45, 7) is 0.540. The lowest BCUT2D eigenvalue weighted by Crippen LogP contribution is -2.07. The summed E-state index contributed by atoms with van der Waals surface area (Å²) in [7, 11) is 0. The molecule has 3 N–H and O–H groups in total. The Morgan fingerprint density at radius 2 is 1.61 bits per heavy atom. The van der Waals surface area contributed by atoms with E-state index in [0.717, 1.165) is 23.0 Å². The SMILES string of the molecule is N#Cc1nc2c(-c3nc4ccccc4[nH]3)c(N)n(CCc3ccccc3)c2nc1C#N. The molecule has 0 fully saturated rings. The van der Waals surface area contributed by atoms with E-state index >= 15 is 0 Å². The first-order valence-corrected chi connectivity index (χ1v) is 9.68. The van der Waals surface area contributed by atoms with E-state index in [2.05, 4.69) is 19.9 Å². The molecule has 5 rings (SSSR count). The highest BCUT2D eigenvalue weighted by molar-refractivity contribution is 5.98. The van der Waals surface area contributed by atoms with Gasteiger partial charge in [-0.25, -0.2) is 15.0 Å². The Morgan fingerprint density at radius 3 is 2.35 bits per heavy atom. The average molecular weight is 404 g/mol. The van der Waals surface area contributed by atoms with Gasteiger partial charge in [-0.3, -0.25) is 0 Å². The van der Waals surface area contributed by atoms with Crippen molar-refractivity contribution in [3.8, 4) is 23.5 Å². The monoisotopic (exact) mass is 404 g/mol. The van der Waals surface area contributed by atoms with Crippen LogP contribution in [-0.2, 0) is 13.0 Å². The van der Waals surface area contributed by atoms with Gasteiger partial charge >= 0.3 is 0 Å². The third kappa shape index (κ3) is 3.04. The van der Waals surface area contributed by atoms with Crippen LogP contribution in [0.5, 0.6) is 0 Å². The number of aryl methyl sites for hydroxylation is 2. The van der Waals surface area contributed by atoms with E-state index in [0.29, 0.717) is 34.9 Å². The number of para-hydroxylation sites is 2. The molecule has 0 aliphatic heterocycles. The molecule has 3 aromatic heterocycles. The predicted molar refractivity (Wildman–Crippen MR) is 117 cm³/mol. The Morgan fingerprint density at radius 1 is 0.903 bits per heavy atom. The summed E-state index contributed by atoms with van der Waals surface area (Å²) in [5.41, 5.74) is 10.8. The van der Waals surface area contributed by atoms with Crippen LogP contribution in [0.15, 0.2) is 54.6 Å². The lowest BCUT2D eigenvalue weighted by molar-refractivity contribution is 0.724. The predicted octanol–water partition coefficient (Wildman–Crippen LogP) is 3.54. The molecule has 0 aliphatic carbocycles. The van der Waals surface area contributed by atoms with Gasteiger partial charge in [-0.1, -0.05) is 42.5 Å². The first kappa shape index (κ1) is 18.3. The number of hydrogen-bond donors (Lipinski definition) is 2. The van der Waals surface area contributed by atoms with Crippen LogP contribution in [-0.4, -0.2) is 24.5 Å². The Balaban J connectivity index is 1.73. The Hall–Kier alpha value is -4.69. The van der Waals surface area contributed by atoms with Crippen LogP contribution in [0, 0.1) is 22.7 Å². The lowest BCUT2D eigenvalue weighted by atomic mass is 10.1. The quantitative estimate of drug-likeness (QED) is 0.471. The summed E-state index contributed by atoms with van der Waals surface area (Å²) in [6, 6.07) is 21.6. The van der Waals surface area contributed by atoms with Gasteiger partial charge < -0.3 is 15.3 Å². The Kier molecular flexibility index (Phi) is 4.31. The van der Waals surface area contributed by atoms with E-state index in [4.69, 9.17) is 5.73 Å². The van der Waals surface area contributed by atoms with E-state index in [1.165, 1.54) is 0 Å². The van der Waals surface area contributed by atoms with Crippen LogP contribution < -0.4 is 5.73 Å². The normalized spacial score (nSPS) is 10.9. The van der Waals surface area contributed by atoms with E-state index < -0.39 is 0 Å². The molecule has 148 valence electrons. The molecule has 0 saturated carbocycles. The molecule has 8 nitrogen and oxygen atoms in total. The molecular formula is C23H16N8. The third-order valence-corrected chi connectivity index (χ3v) is 5.22. The van der Waals surface area contributed by atoms with Crippen molar-refractivity contribution in [1.29, 1.82) is 10.5 Å². The second kappa shape index (κ2) is 7.29. The van der Waals surface area contributed by atoms with Gasteiger partial charge in [0.15, 0.2) is 17.0 Å². The molecular weight excluding hydrogens is 388 g/mol. The number of aromatic amines is 1. The van der Waals surface area contributed by atoms with Gasteiger partial charge in [0, 0.05) is 6.54 Å². The standard InChI is InChI=1S/C23H16N8/c24-12-17-18(13-25)30-23-20(27-17)19(22-28-15-8-4-5-9-16(15)29-22)21(26)31(23)11-10-14-6-2-1-3-7-14/h1-9H,10-11,26H2,(H,28,29). The summed E-state index contributed by atoms with van der Waals surface area (Å²) in [4.78, 5) is 16.8. The summed E-state index contributed by atoms with van der Waals surface area (Å²) in [5, 5.41) is 18.9.